The minimum absolute atomic E-state index is 0.414. The third-order valence-electron chi connectivity index (χ3n) is 4.95. The fourth-order valence-corrected chi connectivity index (χ4v) is 3.40. The topological polar surface area (TPSA) is 44.7 Å². The van der Waals surface area contributed by atoms with Crippen molar-refractivity contribution in [2.45, 2.75) is 20.4 Å². The summed E-state index contributed by atoms with van der Waals surface area (Å²) < 4.78 is 0. The van der Waals surface area contributed by atoms with Crippen LogP contribution < -0.4 is 10.2 Å². The van der Waals surface area contributed by atoms with Gasteiger partial charge in [-0.05, 0) is 66.9 Å². The van der Waals surface area contributed by atoms with Crippen LogP contribution in [-0.2, 0) is 6.54 Å². The molecule has 1 heterocycles. The van der Waals surface area contributed by atoms with Crippen LogP contribution in [0.2, 0.25) is 5.02 Å². The van der Waals surface area contributed by atoms with Crippen LogP contribution >= 0.6 is 11.6 Å². The second-order valence-electron chi connectivity index (χ2n) is 6.88. The Morgan fingerprint density at radius 3 is 2.50 bits per heavy atom. The molecule has 5 heteroatoms. The average molecular weight is 390 g/mol. The van der Waals surface area contributed by atoms with Crippen molar-refractivity contribution in [2.75, 3.05) is 10.2 Å². The van der Waals surface area contributed by atoms with Crippen molar-refractivity contribution in [1.82, 2.24) is 0 Å². The van der Waals surface area contributed by atoms with Crippen LogP contribution in [0.15, 0.2) is 71.7 Å². The molecule has 0 spiro atoms. The van der Waals surface area contributed by atoms with Gasteiger partial charge in [0.25, 0.3) is 0 Å². The minimum Gasteiger partial charge on any atom is -0.321 e. The molecule has 0 aromatic heterocycles. The van der Waals surface area contributed by atoms with Crippen LogP contribution in [0.3, 0.4) is 0 Å². The van der Waals surface area contributed by atoms with Crippen LogP contribution in [0.1, 0.15) is 22.3 Å². The highest BCUT2D eigenvalue weighted by molar-refractivity contribution is 6.30. The summed E-state index contributed by atoms with van der Waals surface area (Å²) in [5.41, 5.74) is 6.25. The number of aryl methyl sites for hydroxylation is 2. The van der Waals surface area contributed by atoms with Crippen LogP contribution in [0.4, 0.5) is 16.2 Å². The molecule has 4 rings (SSSR count). The van der Waals surface area contributed by atoms with Gasteiger partial charge in [-0.2, -0.15) is 4.99 Å². The first-order valence-electron chi connectivity index (χ1n) is 9.09. The second kappa shape index (κ2) is 7.49. The molecule has 0 bridgehead atoms. The highest BCUT2D eigenvalue weighted by Crippen LogP contribution is 2.30. The SMILES string of the molecule is Cc1ccc(N2Cc3ccccc3/C2=N\C(=O)Nc2ccc(Cl)cc2)cc1C. The van der Waals surface area contributed by atoms with Gasteiger partial charge in [0.15, 0.2) is 0 Å². The lowest BCUT2D eigenvalue weighted by Crippen LogP contribution is -2.26. The molecular weight excluding hydrogens is 370 g/mol. The lowest BCUT2D eigenvalue weighted by atomic mass is 10.1. The monoisotopic (exact) mass is 389 g/mol. The summed E-state index contributed by atoms with van der Waals surface area (Å²) in [6, 6.07) is 20.9. The summed E-state index contributed by atoms with van der Waals surface area (Å²) in [6.07, 6.45) is 0. The number of carbonyl (C=O) groups excluding carboxylic acids is 1. The fourth-order valence-electron chi connectivity index (χ4n) is 3.28. The van der Waals surface area contributed by atoms with Crippen molar-refractivity contribution in [3.8, 4) is 0 Å². The molecule has 0 atom stereocenters. The summed E-state index contributed by atoms with van der Waals surface area (Å²) in [5.74, 6) is 0.658. The van der Waals surface area contributed by atoms with Gasteiger partial charge in [-0.1, -0.05) is 41.9 Å². The summed E-state index contributed by atoms with van der Waals surface area (Å²) in [4.78, 5) is 19.1. The molecule has 0 unspecified atom stereocenters. The summed E-state index contributed by atoms with van der Waals surface area (Å²) in [7, 11) is 0. The zero-order chi connectivity index (χ0) is 19.7. The second-order valence-corrected chi connectivity index (χ2v) is 7.32. The molecule has 4 nitrogen and oxygen atoms in total. The molecule has 0 saturated carbocycles. The van der Waals surface area contributed by atoms with Crippen LogP contribution in [0.5, 0.6) is 0 Å². The fraction of sp³-hybridized carbons (Fsp3) is 0.130. The van der Waals surface area contributed by atoms with Crippen molar-refractivity contribution in [3.05, 3.63) is 94.0 Å². The zero-order valence-electron chi connectivity index (χ0n) is 15.7. The Morgan fingerprint density at radius 1 is 1.00 bits per heavy atom. The standard InChI is InChI=1S/C23H20ClN3O/c1-15-7-12-20(13-16(15)2)27-14-17-5-3-4-6-21(17)22(27)26-23(28)25-19-10-8-18(24)9-11-19/h3-13H,14H2,1-2H3,(H,25,28)/b26-22+. The molecule has 1 N–H and O–H groups in total. The van der Waals surface area contributed by atoms with Gasteiger partial charge in [0, 0.05) is 22.0 Å². The van der Waals surface area contributed by atoms with Gasteiger partial charge < -0.3 is 10.2 Å². The van der Waals surface area contributed by atoms with E-state index in [1.165, 1.54) is 11.1 Å². The van der Waals surface area contributed by atoms with E-state index < -0.39 is 6.03 Å². The number of hydrogen-bond donors (Lipinski definition) is 1. The maximum Gasteiger partial charge on any atom is 0.347 e. The van der Waals surface area contributed by atoms with Gasteiger partial charge in [-0.15, -0.1) is 0 Å². The first-order valence-corrected chi connectivity index (χ1v) is 9.47. The highest BCUT2D eigenvalue weighted by Gasteiger charge is 2.27. The van der Waals surface area contributed by atoms with Crippen LogP contribution in [0, 0.1) is 13.8 Å². The molecule has 0 aliphatic carbocycles. The number of carbonyl (C=O) groups is 1. The largest absolute Gasteiger partial charge is 0.347 e. The van der Waals surface area contributed by atoms with E-state index >= 15 is 0 Å². The van der Waals surface area contributed by atoms with E-state index in [9.17, 15) is 4.79 Å². The normalized spacial score (nSPS) is 14.2. The predicted molar refractivity (Wildman–Crippen MR) is 116 cm³/mol. The molecular formula is C23H20ClN3O. The summed E-state index contributed by atoms with van der Waals surface area (Å²) in [5, 5.41) is 3.43. The number of hydrogen-bond acceptors (Lipinski definition) is 1. The number of nitrogens with one attached hydrogen (secondary N) is 1. The molecule has 0 saturated heterocycles. The molecule has 3 aromatic carbocycles. The third kappa shape index (κ3) is 3.64. The number of amides is 2. The number of fused-ring (bicyclic) bond motifs is 1. The minimum atomic E-state index is -0.414. The molecule has 3 aromatic rings. The van der Waals surface area contributed by atoms with E-state index in [0.29, 0.717) is 23.1 Å². The highest BCUT2D eigenvalue weighted by atomic mass is 35.5. The Balaban J connectivity index is 1.69. The predicted octanol–water partition coefficient (Wildman–Crippen LogP) is 5.96. The van der Waals surface area contributed by atoms with E-state index in [2.05, 4.69) is 53.3 Å². The number of urea groups is 1. The van der Waals surface area contributed by atoms with Gasteiger partial charge in [0.05, 0.1) is 6.54 Å². The van der Waals surface area contributed by atoms with E-state index in [0.717, 1.165) is 16.8 Å². The lowest BCUT2D eigenvalue weighted by molar-refractivity contribution is 0.259. The van der Waals surface area contributed by atoms with Gasteiger partial charge in [-0.25, -0.2) is 4.79 Å². The Morgan fingerprint density at radius 2 is 1.75 bits per heavy atom. The first kappa shape index (κ1) is 18.3. The number of anilines is 2. The summed E-state index contributed by atoms with van der Waals surface area (Å²) >= 11 is 5.91. The Bertz CT molecular complexity index is 1070. The number of benzene rings is 3. The van der Waals surface area contributed by atoms with Gasteiger partial charge in [0.1, 0.15) is 5.84 Å². The van der Waals surface area contributed by atoms with Gasteiger partial charge in [0.2, 0.25) is 0 Å². The average Bonchev–Trinajstić information content (AvgIpc) is 3.04. The number of aliphatic imine (C=N–C) groups is 1. The molecule has 1 aliphatic rings. The molecule has 2 amide bonds. The molecule has 0 radical (unpaired) electrons. The maximum absolute atomic E-state index is 12.6. The van der Waals surface area contributed by atoms with Crippen LogP contribution in [-0.4, -0.2) is 11.9 Å². The van der Waals surface area contributed by atoms with E-state index in [1.54, 1.807) is 24.3 Å². The Labute approximate surface area is 169 Å². The number of nitrogens with zero attached hydrogens (tertiary/aromatic N) is 2. The van der Waals surface area contributed by atoms with E-state index in [-0.39, 0.29) is 0 Å². The lowest BCUT2D eigenvalue weighted by Gasteiger charge is -2.20. The Kier molecular flexibility index (Phi) is 4.88. The van der Waals surface area contributed by atoms with Gasteiger partial charge >= 0.3 is 6.03 Å². The first-order chi connectivity index (χ1) is 13.5. The van der Waals surface area contributed by atoms with Crippen LogP contribution in [0.25, 0.3) is 0 Å². The molecule has 140 valence electrons. The van der Waals surface area contributed by atoms with Crippen molar-refractivity contribution in [3.63, 3.8) is 0 Å². The maximum atomic E-state index is 12.6. The smallest absolute Gasteiger partial charge is 0.321 e. The van der Waals surface area contributed by atoms with Crippen molar-refractivity contribution in [1.29, 1.82) is 0 Å². The number of halogens is 1. The summed E-state index contributed by atoms with van der Waals surface area (Å²) in [6.45, 7) is 4.87. The number of amidine groups is 1. The molecule has 0 fully saturated rings. The van der Waals surface area contributed by atoms with Crippen molar-refractivity contribution >= 4 is 34.8 Å². The zero-order valence-corrected chi connectivity index (χ0v) is 16.5. The molecule has 1 aliphatic heterocycles. The quantitative estimate of drug-likeness (QED) is 0.588. The van der Waals surface area contributed by atoms with Crippen molar-refractivity contribution in [2.24, 2.45) is 4.99 Å². The number of rotatable bonds is 2. The third-order valence-corrected chi connectivity index (χ3v) is 5.20. The van der Waals surface area contributed by atoms with Crippen molar-refractivity contribution < 1.29 is 4.79 Å². The van der Waals surface area contributed by atoms with Gasteiger partial charge in [-0.3, -0.25) is 0 Å². The van der Waals surface area contributed by atoms with E-state index in [4.69, 9.17) is 11.6 Å². The molecule has 28 heavy (non-hydrogen) atoms. The van der Waals surface area contributed by atoms with E-state index in [1.807, 2.05) is 18.2 Å². The Hall–Kier alpha value is -3.11.